The third-order valence-electron chi connectivity index (χ3n) is 2.50. The Hall–Kier alpha value is 0.180. The Labute approximate surface area is 78.6 Å². The van der Waals surface area contributed by atoms with Crippen LogP contribution in [0, 0.1) is 0 Å². The molecule has 0 aliphatic carbocycles. The van der Waals surface area contributed by atoms with Gasteiger partial charge in [-0.05, 0) is 0 Å². The van der Waals surface area contributed by atoms with E-state index in [1.807, 2.05) is 0 Å². The molecule has 1 unspecified atom stereocenters. The molecule has 82 valence electrons. The van der Waals surface area contributed by atoms with Crippen LogP contribution in [0.1, 0.15) is 34.1 Å². The standard InChI is InChI=1S/C8H19F3NP/c1-5-8(4)13(9,10,11)12(6-2)7-3/h8H,5-7H2,1-4H3. The average Bonchev–Trinajstić information content (AvgIpc) is 2.03. The molecule has 5 heteroatoms. The second-order valence-electron chi connectivity index (χ2n) is 3.22. The van der Waals surface area contributed by atoms with Crippen molar-refractivity contribution in [2.75, 3.05) is 13.1 Å². The first-order valence-electron chi connectivity index (χ1n) is 4.70. The molecule has 0 N–H and O–H groups in total. The summed E-state index contributed by atoms with van der Waals surface area (Å²) in [5.41, 5.74) is -1.15. The number of halogens is 3. The molecule has 0 bridgehead atoms. The van der Waals surface area contributed by atoms with Gasteiger partial charge in [0.2, 0.25) is 0 Å². The van der Waals surface area contributed by atoms with Crippen molar-refractivity contribution in [1.29, 1.82) is 0 Å². The summed E-state index contributed by atoms with van der Waals surface area (Å²) in [7, 11) is -6.07. The maximum absolute atomic E-state index is 13.6. The SMILES string of the molecule is CCC(C)P(F)(F)(F)N(CC)CC. The molecule has 0 radical (unpaired) electrons. The quantitative estimate of drug-likeness (QED) is 0.622. The monoisotopic (exact) mass is 217 g/mol. The van der Waals surface area contributed by atoms with E-state index in [1.165, 1.54) is 6.92 Å². The maximum atomic E-state index is 13.6. The van der Waals surface area contributed by atoms with Gasteiger partial charge in [0.15, 0.2) is 0 Å². The Bertz CT molecular complexity index is 163. The minimum absolute atomic E-state index is 0.0716. The van der Waals surface area contributed by atoms with Crippen LogP contribution in [0.5, 0.6) is 0 Å². The van der Waals surface area contributed by atoms with Gasteiger partial charge in [0.05, 0.1) is 0 Å². The van der Waals surface area contributed by atoms with Crippen LogP contribution in [0.25, 0.3) is 0 Å². The van der Waals surface area contributed by atoms with E-state index in [0.29, 0.717) is 4.67 Å². The van der Waals surface area contributed by atoms with Gasteiger partial charge in [-0.1, -0.05) is 0 Å². The summed E-state index contributed by atoms with van der Waals surface area (Å²) in [6.45, 7) is 6.15. The van der Waals surface area contributed by atoms with Crippen LogP contribution in [0.3, 0.4) is 0 Å². The van der Waals surface area contributed by atoms with Crippen LogP contribution in [-0.2, 0) is 0 Å². The van der Waals surface area contributed by atoms with Crippen LogP contribution < -0.4 is 0 Å². The van der Waals surface area contributed by atoms with Gasteiger partial charge in [-0.25, -0.2) is 0 Å². The van der Waals surface area contributed by atoms with Crippen LogP contribution >= 0.6 is 7.69 Å². The van der Waals surface area contributed by atoms with E-state index >= 15 is 0 Å². The van der Waals surface area contributed by atoms with Gasteiger partial charge in [-0.3, -0.25) is 0 Å². The van der Waals surface area contributed by atoms with E-state index in [9.17, 15) is 12.6 Å². The molecule has 1 nitrogen and oxygen atoms in total. The summed E-state index contributed by atoms with van der Waals surface area (Å²) in [5.74, 6) is 0. The van der Waals surface area contributed by atoms with Crippen molar-refractivity contribution in [3.05, 3.63) is 0 Å². The zero-order chi connectivity index (χ0) is 10.7. The number of hydrogen-bond acceptors (Lipinski definition) is 1. The normalized spacial score (nSPS) is 18.3. The first-order valence-corrected chi connectivity index (χ1v) is 6.64. The minimum atomic E-state index is -6.07. The summed E-state index contributed by atoms with van der Waals surface area (Å²) < 4.78 is 41.4. The van der Waals surface area contributed by atoms with Crippen molar-refractivity contribution in [3.63, 3.8) is 0 Å². The summed E-state index contributed by atoms with van der Waals surface area (Å²) >= 11 is 0. The molecule has 0 rings (SSSR count). The summed E-state index contributed by atoms with van der Waals surface area (Å²) in [4.78, 5) is 0. The predicted octanol–water partition coefficient (Wildman–Crippen LogP) is 4.25. The van der Waals surface area contributed by atoms with Crippen molar-refractivity contribution in [3.8, 4) is 0 Å². The van der Waals surface area contributed by atoms with Gasteiger partial charge < -0.3 is 0 Å². The fraction of sp³-hybridized carbons (Fsp3) is 1.00. The van der Waals surface area contributed by atoms with Crippen LogP contribution in [0.4, 0.5) is 12.6 Å². The Morgan fingerprint density at radius 3 is 1.69 bits per heavy atom. The van der Waals surface area contributed by atoms with Gasteiger partial charge >= 0.3 is 77.8 Å². The molecule has 0 aliphatic rings. The Balaban J connectivity index is 4.83. The van der Waals surface area contributed by atoms with E-state index in [0.717, 1.165) is 0 Å². The predicted molar refractivity (Wildman–Crippen MR) is 52.9 cm³/mol. The fourth-order valence-electron chi connectivity index (χ4n) is 1.28. The molecule has 0 aromatic heterocycles. The van der Waals surface area contributed by atoms with Crippen LogP contribution in [-0.4, -0.2) is 23.4 Å². The third kappa shape index (κ3) is 2.57. The molecule has 0 aromatic carbocycles. The summed E-state index contributed by atoms with van der Waals surface area (Å²) in [6, 6.07) is 0. The van der Waals surface area contributed by atoms with E-state index in [4.69, 9.17) is 0 Å². The number of hydrogen-bond donors (Lipinski definition) is 0. The van der Waals surface area contributed by atoms with Crippen LogP contribution in [0.2, 0.25) is 0 Å². The second kappa shape index (κ2) is 4.14. The van der Waals surface area contributed by atoms with E-state index in [2.05, 4.69) is 0 Å². The summed E-state index contributed by atoms with van der Waals surface area (Å²) in [5, 5.41) is 0. The molecule has 0 fully saturated rings. The first kappa shape index (κ1) is 13.2. The molecule has 0 saturated carbocycles. The molecule has 0 amide bonds. The molecule has 1 atom stereocenters. The molecule has 0 saturated heterocycles. The van der Waals surface area contributed by atoms with Gasteiger partial charge in [0.25, 0.3) is 0 Å². The van der Waals surface area contributed by atoms with E-state index < -0.39 is 13.3 Å². The van der Waals surface area contributed by atoms with Gasteiger partial charge in [-0.2, -0.15) is 0 Å². The Morgan fingerprint density at radius 1 is 1.08 bits per heavy atom. The van der Waals surface area contributed by atoms with Crippen molar-refractivity contribution in [2.45, 2.75) is 39.8 Å². The molecule has 13 heavy (non-hydrogen) atoms. The Kier molecular flexibility index (Phi) is 4.20. The zero-order valence-electron chi connectivity index (χ0n) is 8.73. The second-order valence-corrected chi connectivity index (χ2v) is 6.32. The zero-order valence-corrected chi connectivity index (χ0v) is 9.62. The Morgan fingerprint density at radius 2 is 1.46 bits per heavy atom. The van der Waals surface area contributed by atoms with Gasteiger partial charge in [0, 0.05) is 0 Å². The van der Waals surface area contributed by atoms with Crippen molar-refractivity contribution >= 4 is 7.69 Å². The van der Waals surface area contributed by atoms with Crippen molar-refractivity contribution in [2.24, 2.45) is 0 Å². The molecule has 0 aliphatic heterocycles. The summed E-state index contributed by atoms with van der Waals surface area (Å²) in [6.07, 6.45) is 0.178. The fourth-order valence-corrected chi connectivity index (χ4v) is 3.38. The topological polar surface area (TPSA) is 3.24 Å². The van der Waals surface area contributed by atoms with Gasteiger partial charge in [0.1, 0.15) is 0 Å². The number of rotatable bonds is 5. The third-order valence-corrected chi connectivity index (χ3v) is 5.79. The number of nitrogens with zero attached hydrogens (tertiary/aromatic N) is 1. The van der Waals surface area contributed by atoms with Crippen molar-refractivity contribution < 1.29 is 12.6 Å². The molecular weight excluding hydrogens is 198 g/mol. The van der Waals surface area contributed by atoms with Gasteiger partial charge in [-0.15, -0.1) is 0 Å². The van der Waals surface area contributed by atoms with E-state index in [-0.39, 0.29) is 19.5 Å². The van der Waals surface area contributed by atoms with Crippen LogP contribution in [0.15, 0.2) is 0 Å². The van der Waals surface area contributed by atoms with E-state index in [1.54, 1.807) is 20.8 Å². The molecule has 0 heterocycles. The molecule has 0 spiro atoms. The molecule has 0 aromatic rings. The first-order chi connectivity index (χ1) is 5.78. The average molecular weight is 217 g/mol. The van der Waals surface area contributed by atoms with Crippen molar-refractivity contribution in [1.82, 2.24) is 4.67 Å². The molecular formula is C8H19F3NP.